The molecule has 0 spiro atoms. The van der Waals surface area contributed by atoms with Gasteiger partial charge in [0.1, 0.15) is 35.6 Å². The van der Waals surface area contributed by atoms with Gasteiger partial charge in [0.15, 0.2) is 0 Å². The van der Waals surface area contributed by atoms with E-state index in [2.05, 4.69) is 10.6 Å². The number of benzene rings is 3. The molecule has 0 heterocycles. The summed E-state index contributed by atoms with van der Waals surface area (Å²) in [4.78, 5) is 39.1. The van der Waals surface area contributed by atoms with E-state index in [1.165, 1.54) is 0 Å². The van der Waals surface area contributed by atoms with Gasteiger partial charge < -0.3 is 30.0 Å². The largest absolute Gasteiger partial charge is 0.488 e. The highest BCUT2D eigenvalue weighted by atomic mass is 16.6. The van der Waals surface area contributed by atoms with Crippen LogP contribution in [0.15, 0.2) is 72.8 Å². The van der Waals surface area contributed by atoms with Crippen LogP contribution in [-0.2, 0) is 25.5 Å². The summed E-state index contributed by atoms with van der Waals surface area (Å²) >= 11 is 0. The molecule has 2 amide bonds. The van der Waals surface area contributed by atoms with Gasteiger partial charge in [0.25, 0.3) is 0 Å². The van der Waals surface area contributed by atoms with E-state index in [-0.39, 0.29) is 24.5 Å². The average Bonchev–Trinajstić information content (AvgIpc) is 3.27. The number of aliphatic hydroxyl groups is 1. The number of alkyl carbamates (subject to hydrolysis) is 1. The lowest BCUT2D eigenvalue weighted by Gasteiger charge is -2.26. The van der Waals surface area contributed by atoms with Crippen molar-refractivity contribution in [1.29, 1.82) is 0 Å². The number of amides is 2. The van der Waals surface area contributed by atoms with E-state index in [1.807, 2.05) is 81.4 Å². The Hall–Kier alpha value is -4.37. The van der Waals surface area contributed by atoms with Gasteiger partial charge in [-0.05, 0) is 81.5 Å². The molecule has 44 heavy (non-hydrogen) atoms. The molecule has 4 rings (SSSR count). The molecule has 0 bridgehead atoms. The molecule has 3 aromatic rings. The Morgan fingerprint density at radius 2 is 1.34 bits per heavy atom. The molecule has 0 radical (unpaired) electrons. The van der Waals surface area contributed by atoms with Crippen LogP contribution in [-0.4, -0.2) is 59.6 Å². The highest BCUT2D eigenvalue weighted by molar-refractivity contribution is 5.90. The summed E-state index contributed by atoms with van der Waals surface area (Å²) in [5.74, 6) is -0.874. The maximum atomic E-state index is 13.2. The second-order valence-electron chi connectivity index (χ2n) is 12.9. The summed E-state index contributed by atoms with van der Waals surface area (Å²) in [5, 5.41) is 15.1. The minimum absolute atomic E-state index is 0.0507. The molecule has 234 valence electrons. The second kappa shape index (κ2) is 13.5. The second-order valence-corrected chi connectivity index (χ2v) is 12.9. The van der Waals surface area contributed by atoms with Crippen LogP contribution < -0.4 is 15.4 Å². The number of aliphatic hydroxyl groups excluding tert-OH is 1. The zero-order valence-electron chi connectivity index (χ0n) is 26.2. The van der Waals surface area contributed by atoms with Gasteiger partial charge in [-0.3, -0.25) is 4.79 Å². The van der Waals surface area contributed by atoms with Gasteiger partial charge in [-0.2, -0.15) is 0 Å². The zero-order valence-corrected chi connectivity index (χ0v) is 26.2. The molecule has 9 nitrogen and oxygen atoms in total. The van der Waals surface area contributed by atoms with Crippen LogP contribution in [0.1, 0.15) is 64.2 Å². The van der Waals surface area contributed by atoms with Crippen LogP contribution in [0.3, 0.4) is 0 Å². The van der Waals surface area contributed by atoms with Gasteiger partial charge in [-0.15, -0.1) is 0 Å². The maximum absolute atomic E-state index is 13.2. The predicted molar refractivity (Wildman–Crippen MR) is 167 cm³/mol. The van der Waals surface area contributed by atoms with Crippen molar-refractivity contribution in [3.63, 3.8) is 0 Å². The van der Waals surface area contributed by atoms with E-state index < -0.39 is 42.3 Å². The Balaban J connectivity index is 1.40. The van der Waals surface area contributed by atoms with E-state index in [0.29, 0.717) is 5.75 Å². The Morgan fingerprint density at radius 3 is 1.86 bits per heavy atom. The lowest BCUT2D eigenvalue weighted by molar-refractivity contribution is -0.158. The molecule has 9 heteroatoms. The minimum atomic E-state index is -1.35. The number of carbonyl (C=O) groups excluding carboxylic acids is 3. The quantitative estimate of drug-likeness (QED) is 0.275. The molecule has 1 aliphatic rings. The molecule has 0 unspecified atom stereocenters. The van der Waals surface area contributed by atoms with Gasteiger partial charge in [0.05, 0.1) is 6.61 Å². The van der Waals surface area contributed by atoms with Crippen molar-refractivity contribution >= 4 is 18.0 Å². The van der Waals surface area contributed by atoms with E-state index in [0.717, 1.165) is 27.8 Å². The van der Waals surface area contributed by atoms with Crippen molar-refractivity contribution in [2.45, 2.75) is 77.2 Å². The Bertz CT molecular complexity index is 1430. The van der Waals surface area contributed by atoms with Gasteiger partial charge in [-0.25, -0.2) is 9.59 Å². The summed E-state index contributed by atoms with van der Waals surface area (Å²) < 4.78 is 17.0. The minimum Gasteiger partial charge on any atom is -0.488 e. The predicted octanol–water partition coefficient (Wildman–Crippen LogP) is 5.13. The zero-order chi connectivity index (χ0) is 32.1. The first-order chi connectivity index (χ1) is 20.7. The number of ether oxygens (including phenoxy) is 3. The van der Waals surface area contributed by atoms with Gasteiger partial charge >= 0.3 is 12.1 Å². The molecule has 0 saturated carbocycles. The summed E-state index contributed by atoms with van der Waals surface area (Å²) in [6.07, 6.45) is -0.733. The van der Waals surface area contributed by atoms with E-state index in [1.54, 1.807) is 32.9 Å². The average molecular weight is 603 g/mol. The van der Waals surface area contributed by atoms with Gasteiger partial charge in [0, 0.05) is 12.3 Å². The molecule has 2 atom stereocenters. The SMILES string of the molecule is CC(C)(C)OC(=O)[C@H](Cc1ccc(OC(C)(C)C)cc1)NC(=O)[C@H](CO)NC(=O)OCC1c2ccccc2-c2ccccc21. The van der Waals surface area contributed by atoms with Crippen LogP contribution in [0.2, 0.25) is 0 Å². The molecule has 3 aromatic carbocycles. The summed E-state index contributed by atoms with van der Waals surface area (Å²) in [7, 11) is 0. The maximum Gasteiger partial charge on any atom is 0.407 e. The van der Waals surface area contributed by atoms with Crippen molar-refractivity contribution in [1.82, 2.24) is 10.6 Å². The fourth-order valence-electron chi connectivity index (χ4n) is 5.10. The fourth-order valence-corrected chi connectivity index (χ4v) is 5.10. The Labute approximate surface area is 258 Å². The van der Waals surface area contributed by atoms with Gasteiger partial charge in [-0.1, -0.05) is 60.7 Å². The molecule has 1 aliphatic carbocycles. The molecule has 0 aliphatic heterocycles. The lowest BCUT2D eigenvalue weighted by atomic mass is 9.98. The van der Waals surface area contributed by atoms with E-state index >= 15 is 0 Å². The topological polar surface area (TPSA) is 123 Å². The number of esters is 1. The third-order valence-electron chi connectivity index (χ3n) is 6.93. The third kappa shape index (κ3) is 8.60. The first-order valence-electron chi connectivity index (χ1n) is 14.8. The van der Waals surface area contributed by atoms with Crippen LogP contribution in [0.25, 0.3) is 11.1 Å². The van der Waals surface area contributed by atoms with E-state index in [4.69, 9.17) is 14.2 Å². The molecular weight excluding hydrogens is 560 g/mol. The molecular formula is C35H42N2O7. The van der Waals surface area contributed by atoms with Crippen molar-refractivity contribution in [3.05, 3.63) is 89.5 Å². The molecule has 3 N–H and O–H groups in total. The number of nitrogens with one attached hydrogen (secondary N) is 2. The smallest absolute Gasteiger partial charge is 0.407 e. The van der Waals surface area contributed by atoms with Crippen LogP contribution >= 0.6 is 0 Å². The standard InChI is InChI=1S/C35H42N2O7/c1-34(2,3)43-23-17-15-22(16-18-23)19-29(32(40)44-35(4,5)6)36-31(39)30(20-38)37-33(41)42-21-28-26-13-9-7-11-24(26)25-12-8-10-14-27(25)28/h7-18,28-30,38H,19-21H2,1-6H3,(H,36,39)(H,37,41)/t29-,30-/m0/s1. The molecule has 0 fully saturated rings. The van der Waals surface area contributed by atoms with Crippen molar-refractivity contribution in [3.8, 4) is 16.9 Å². The summed E-state index contributed by atoms with van der Waals surface area (Å²) in [6, 6.07) is 20.7. The number of rotatable bonds is 10. The summed E-state index contributed by atoms with van der Waals surface area (Å²) in [6.45, 7) is 10.4. The number of carbonyl (C=O) groups is 3. The normalized spacial score (nSPS) is 14.1. The first-order valence-corrected chi connectivity index (χ1v) is 14.8. The molecule has 0 saturated heterocycles. The van der Waals surface area contributed by atoms with Crippen molar-refractivity contribution < 1.29 is 33.7 Å². The number of hydrogen-bond acceptors (Lipinski definition) is 7. The highest BCUT2D eigenvalue weighted by Gasteiger charge is 2.32. The van der Waals surface area contributed by atoms with Crippen molar-refractivity contribution in [2.75, 3.05) is 13.2 Å². The summed E-state index contributed by atoms with van der Waals surface area (Å²) in [5.41, 5.74) is 3.89. The van der Waals surface area contributed by atoms with Crippen LogP contribution in [0.4, 0.5) is 4.79 Å². The highest BCUT2D eigenvalue weighted by Crippen LogP contribution is 2.44. The number of fused-ring (bicyclic) bond motifs is 3. The monoisotopic (exact) mass is 602 g/mol. The first kappa shape index (κ1) is 32.5. The van der Waals surface area contributed by atoms with E-state index in [9.17, 15) is 19.5 Å². The fraction of sp³-hybridized carbons (Fsp3) is 0.400. The van der Waals surface area contributed by atoms with Crippen molar-refractivity contribution in [2.24, 2.45) is 0 Å². The number of hydrogen-bond donors (Lipinski definition) is 3. The Morgan fingerprint density at radius 1 is 0.773 bits per heavy atom. The third-order valence-corrected chi connectivity index (χ3v) is 6.93. The lowest BCUT2D eigenvalue weighted by Crippen LogP contribution is -2.54. The Kier molecular flexibility index (Phi) is 9.99. The molecule has 0 aromatic heterocycles. The van der Waals surface area contributed by atoms with Gasteiger partial charge in [0.2, 0.25) is 5.91 Å². The van der Waals surface area contributed by atoms with Crippen LogP contribution in [0.5, 0.6) is 5.75 Å². The van der Waals surface area contributed by atoms with Crippen LogP contribution in [0, 0.1) is 0 Å².